The average molecular weight is 266 g/mol. The summed E-state index contributed by atoms with van der Waals surface area (Å²) in [7, 11) is -3.31. The predicted molar refractivity (Wildman–Crippen MR) is 66.9 cm³/mol. The van der Waals surface area contributed by atoms with Gasteiger partial charge in [0.25, 0.3) is 0 Å². The summed E-state index contributed by atoms with van der Waals surface area (Å²) >= 11 is 0. The number of aliphatic hydroxyl groups excluding tert-OH is 2. The van der Waals surface area contributed by atoms with Crippen LogP contribution in [-0.4, -0.2) is 35.6 Å². The molecule has 0 aromatic rings. The molecule has 0 amide bonds. The van der Waals surface area contributed by atoms with E-state index < -0.39 is 13.5 Å². The van der Waals surface area contributed by atoms with Crippen LogP contribution in [0.25, 0.3) is 0 Å². The van der Waals surface area contributed by atoms with Crippen LogP contribution >= 0.6 is 7.60 Å². The molecule has 0 aliphatic carbocycles. The molecule has 0 saturated heterocycles. The van der Waals surface area contributed by atoms with Gasteiger partial charge in [0.05, 0.1) is 25.4 Å². The van der Waals surface area contributed by atoms with Gasteiger partial charge in [0.1, 0.15) is 0 Å². The molecule has 0 unspecified atom stereocenters. The topological polar surface area (TPSA) is 76.0 Å². The third-order valence-electron chi connectivity index (χ3n) is 1.73. The van der Waals surface area contributed by atoms with Gasteiger partial charge >= 0.3 is 7.60 Å². The Hall–Kier alpha value is -0.190. The zero-order valence-corrected chi connectivity index (χ0v) is 11.8. The number of rotatable bonds is 8. The smallest absolute Gasteiger partial charge is 0.354 e. The molecule has 102 valence electrons. The average Bonchev–Trinajstić information content (AvgIpc) is 2.16. The van der Waals surface area contributed by atoms with Crippen LogP contribution in [0.5, 0.6) is 0 Å². The van der Waals surface area contributed by atoms with Crippen molar-refractivity contribution in [2.75, 3.05) is 13.2 Å². The zero-order chi connectivity index (χ0) is 13.5. The Kier molecular flexibility index (Phi) is 7.92. The fourth-order valence-corrected chi connectivity index (χ4v) is 2.91. The first-order valence-corrected chi connectivity index (χ1v) is 7.31. The SMILES string of the molecule is CC(C)OP(=O)(C=CC(CO)CO)OC(C)C. The summed E-state index contributed by atoms with van der Waals surface area (Å²) in [5, 5.41) is 17.8. The highest BCUT2D eigenvalue weighted by atomic mass is 31.2. The van der Waals surface area contributed by atoms with Crippen LogP contribution in [0.4, 0.5) is 0 Å². The van der Waals surface area contributed by atoms with Gasteiger partial charge in [-0.2, -0.15) is 0 Å². The van der Waals surface area contributed by atoms with E-state index in [4.69, 9.17) is 19.3 Å². The highest BCUT2D eigenvalue weighted by Gasteiger charge is 2.24. The van der Waals surface area contributed by atoms with Gasteiger partial charge in [-0.25, -0.2) is 0 Å². The molecule has 0 rings (SSSR count). The maximum absolute atomic E-state index is 12.3. The Balaban J connectivity index is 4.74. The third kappa shape index (κ3) is 7.68. The molecule has 0 heterocycles. The Labute approximate surface area is 103 Å². The first kappa shape index (κ1) is 16.8. The quantitative estimate of drug-likeness (QED) is 0.658. The molecule has 2 N–H and O–H groups in total. The van der Waals surface area contributed by atoms with E-state index in [1.54, 1.807) is 27.7 Å². The van der Waals surface area contributed by atoms with Gasteiger partial charge in [0.15, 0.2) is 0 Å². The second kappa shape index (κ2) is 8.01. The van der Waals surface area contributed by atoms with E-state index in [0.29, 0.717) is 0 Å². The summed E-state index contributed by atoms with van der Waals surface area (Å²) in [6.45, 7) is 6.63. The van der Waals surface area contributed by atoms with Gasteiger partial charge in [0.2, 0.25) is 0 Å². The molecule has 0 bridgehead atoms. The van der Waals surface area contributed by atoms with Crippen LogP contribution in [0.2, 0.25) is 0 Å². The molecular weight excluding hydrogens is 243 g/mol. The Morgan fingerprint density at radius 1 is 1.06 bits per heavy atom. The highest BCUT2D eigenvalue weighted by molar-refractivity contribution is 7.57. The van der Waals surface area contributed by atoms with E-state index in [-0.39, 0.29) is 25.4 Å². The van der Waals surface area contributed by atoms with Crippen molar-refractivity contribution in [3.63, 3.8) is 0 Å². The van der Waals surface area contributed by atoms with E-state index in [0.717, 1.165) is 0 Å². The molecule has 6 heteroatoms. The van der Waals surface area contributed by atoms with Crippen molar-refractivity contribution >= 4 is 7.60 Å². The lowest BCUT2D eigenvalue weighted by Crippen LogP contribution is -2.09. The van der Waals surface area contributed by atoms with E-state index in [1.165, 1.54) is 11.9 Å². The molecule has 0 aromatic heterocycles. The van der Waals surface area contributed by atoms with Crippen LogP contribution in [0.1, 0.15) is 27.7 Å². The normalized spacial score (nSPS) is 13.5. The first-order valence-electron chi connectivity index (χ1n) is 5.70. The summed E-state index contributed by atoms with van der Waals surface area (Å²) in [6, 6.07) is 0. The second-order valence-electron chi connectivity index (χ2n) is 4.31. The van der Waals surface area contributed by atoms with Crippen molar-refractivity contribution < 1.29 is 23.8 Å². The first-order chi connectivity index (χ1) is 7.83. The van der Waals surface area contributed by atoms with E-state index in [2.05, 4.69) is 0 Å². The molecule has 5 nitrogen and oxygen atoms in total. The van der Waals surface area contributed by atoms with Crippen LogP contribution in [-0.2, 0) is 13.6 Å². The summed E-state index contributed by atoms with van der Waals surface area (Å²) < 4.78 is 22.8. The molecule has 0 spiro atoms. The highest BCUT2D eigenvalue weighted by Crippen LogP contribution is 2.52. The molecule has 17 heavy (non-hydrogen) atoms. The molecule has 0 radical (unpaired) electrons. The third-order valence-corrected chi connectivity index (χ3v) is 3.69. The molecule has 0 atom stereocenters. The number of aliphatic hydroxyl groups is 2. The lowest BCUT2D eigenvalue weighted by molar-refractivity contribution is 0.148. The van der Waals surface area contributed by atoms with Gasteiger partial charge in [-0.3, -0.25) is 4.57 Å². The van der Waals surface area contributed by atoms with Crippen molar-refractivity contribution in [1.29, 1.82) is 0 Å². The summed E-state index contributed by atoms with van der Waals surface area (Å²) in [5.41, 5.74) is 0. The summed E-state index contributed by atoms with van der Waals surface area (Å²) in [4.78, 5) is 0. The van der Waals surface area contributed by atoms with Crippen molar-refractivity contribution in [2.45, 2.75) is 39.9 Å². The molecule has 0 fully saturated rings. The minimum absolute atomic E-state index is 0.212. The summed E-state index contributed by atoms with van der Waals surface area (Å²) in [6.07, 6.45) is 1.00. The largest absolute Gasteiger partial charge is 0.396 e. The maximum Gasteiger partial charge on any atom is 0.354 e. The van der Waals surface area contributed by atoms with Gasteiger partial charge in [-0.05, 0) is 27.7 Å². The number of hydrogen-bond donors (Lipinski definition) is 2. The monoisotopic (exact) mass is 266 g/mol. The second-order valence-corrected chi connectivity index (χ2v) is 6.11. The summed E-state index contributed by atoms with van der Waals surface area (Å²) in [5.74, 6) is 0.860. The van der Waals surface area contributed by atoms with Crippen LogP contribution in [0, 0.1) is 5.92 Å². The van der Waals surface area contributed by atoms with E-state index in [9.17, 15) is 4.57 Å². The molecule has 0 aliphatic rings. The zero-order valence-electron chi connectivity index (χ0n) is 10.9. The molecular formula is C11H23O5P. The van der Waals surface area contributed by atoms with Crippen LogP contribution in [0.15, 0.2) is 11.9 Å². The van der Waals surface area contributed by atoms with Crippen molar-refractivity contribution in [2.24, 2.45) is 5.92 Å². The maximum atomic E-state index is 12.3. The van der Waals surface area contributed by atoms with E-state index in [1.807, 2.05) is 0 Å². The predicted octanol–water partition coefficient (Wildman–Crippen LogP) is 2.14. The standard InChI is InChI=1S/C11H23O5P/c1-9(2)15-17(14,16-10(3)4)6-5-11(7-12)8-13/h5-6,9-13H,7-8H2,1-4H3. The Morgan fingerprint density at radius 2 is 1.47 bits per heavy atom. The molecule has 0 aliphatic heterocycles. The van der Waals surface area contributed by atoms with Gasteiger partial charge < -0.3 is 19.3 Å². The fourth-order valence-electron chi connectivity index (χ4n) is 1.09. The number of hydrogen-bond acceptors (Lipinski definition) is 5. The van der Waals surface area contributed by atoms with Crippen LogP contribution < -0.4 is 0 Å². The lowest BCUT2D eigenvalue weighted by atomic mass is 10.2. The van der Waals surface area contributed by atoms with Crippen LogP contribution in [0.3, 0.4) is 0 Å². The fraction of sp³-hybridized carbons (Fsp3) is 0.818. The Morgan fingerprint density at radius 3 is 1.76 bits per heavy atom. The van der Waals surface area contributed by atoms with Gasteiger partial charge in [-0.15, -0.1) is 0 Å². The van der Waals surface area contributed by atoms with Gasteiger partial charge in [0, 0.05) is 11.7 Å². The van der Waals surface area contributed by atoms with Crippen molar-refractivity contribution in [3.05, 3.63) is 11.9 Å². The Bertz CT molecular complexity index is 257. The molecule has 0 saturated carbocycles. The minimum atomic E-state index is -3.31. The van der Waals surface area contributed by atoms with E-state index >= 15 is 0 Å². The minimum Gasteiger partial charge on any atom is -0.396 e. The molecule has 0 aromatic carbocycles. The van der Waals surface area contributed by atoms with Crippen molar-refractivity contribution in [3.8, 4) is 0 Å². The van der Waals surface area contributed by atoms with Crippen molar-refractivity contribution in [1.82, 2.24) is 0 Å². The lowest BCUT2D eigenvalue weighted by Gasteiger charge is -2.20. The van der Waals surface area contributed by atoms with Gasteiger partial charge in [-0.1, -0.05) is 6.08 Å².